The molecule has 1 aromatic rings. The third-order valence-electron chi connectivity index (χ3n) is 3.29. The van der Waals surface area contributed by atoms with Crippen molar-refractivity contribution < 1.29 is 9.53 Å². The van der Waals surface area contributed by atoms with Gasteiger partial charge in [-0.25, -0.2) is 0 Å². The van der Waals surface area contributed by atoms with E-state index in [1.165, 1.54) is 0 Å². The van der Waals surface area contributed by atoms with Gasteiger partial charge in [0.25, 0.3) is 0 Å². The highest BCUT2D eigenvalue weighted by molar-refractivity contribution is 6.30. The molecular formula is C14H19ClN2O2. The number of hydrogen-bond acceptors (Lipinski definition) is 3. The monoisotopic (exact) mass is 282 g/mol. The molecule has 0 radical (unpaired) electrons. The largest absolute Gasteiger partial charge is 0.376 e. The Kier molecular flexibility index (Phi) is 4.80. The normalized spacial score (nSPS) is 21.9. The van der Waals surface area contributed by atoms with Crippen molar-refractivity contribution >= 4 is 23.2 Å². The SMILES string of the molecule is C[C@@H]1CN([C@@H](C)C(=O)Nc2cccc(Cl)c2)CCO1. The number of nitrogens with zero attached hydrogens (tertiary/aromatic N) is 1. The molecule has 1 fully saturated rings. The van der Waals surface area contributed by atoms with E-state index in [0.29, 0.717) is 11.6 Å². The van der Waals surface area contributed by atoms with Crippen LogP contribution in [0.15, 0.2) is 24.3 Å². The number of rotatable bonds is 3. The van der Waals surface area contributed by atoms with Gasteiger partial charge >= 0.3 is 0 Å². The van der Waals surface area contributed by atoms with Gasteiger partial charge in [0.2, 0.25) is 5.91 Å². The van der Waals surface area contributed by atoms with Gasteiger partial charge in [0.1, 0.15) is 0 Å². The third-order valence-corrected chi connectivity index (χ3v) is 3.53. The molecule has 1 N–H and O–H groups in total. The molecule has 4 nitrogen and oxygen atoms in total. The fourth-order valence-electron chi connectivity index (χ4n) is 2.18. The summed E-state index contributed by atoms with van der Waals surface area (Å²) in [5.74, 6) is -0.0173. The number of halogens is 1. The molecule has 19 heavy (non-hydrogen) atoms. The van der Waals surface area contributed by atoms with E-state index in [9.17, 15) is 4.79 Å². The van der Waals surface area contributed by atoms with Crippen LogP contribution in [-0.2, 0) is 9.53 Å². The average molecular weight is 283 g/mol. The van der Waals surface area contributed by atoms with Crippen LogP contribution in [0.4, 0.5) is 5.69 Å². The summed E-state index contributed by atoms with van der Waals surface area (Å²) in [5.41, 5.74) is 0.727. The van der Waals surface area contributed by atoms with Crippen LogP contribution in [0.25, 0.3) is 0 Å². The first-order valence-corrected chi connectivity index (χ1v) is 6.86. The van der Waals surface area contributed by atoms with E-state index in [1.54, 1.807) is 12.1 Å². The van der Waals surface area contributed by atoms with E-state index in [4.69, 9.17) is 16.3 Å². The van der Waals surface area contributed by atoms with Crippen molar-refractivity contribution in [2.24, 2.45) is 0 Å². The summed E-state index contributed by atoms with van der Waals surface area (Å²) in [6, 6.07) is 7.00. The van der Waals surface area contributed by atoms with Gasteiger partial charge in [-0.2, -0.15) is 0 Å². The summed E-state index contributed by atoms with van der Waals surface area (Å²) >= 11 is 5.90. The highest BCUT2D eigenvalue weighted by atomic mass is 35.5. The Morgan fingerprint density at radius 3 is 3.05 bits per heavy atom. The minimum atomic E-state index is -0.176. The first kappa shape index (κ1) is 14.3. The first-order chi connectivity index (χ1) is 9.06. The second-order valence-corrected chi connectivity index (χ2v) is 5.29. The number of morpholine rings is 1. The summed E-state index contributed by atoms with van der Waals surface area (Å²) in [4.78, 5) is 14.3. The van der Waals surface area contributed by atoms with Crippen molar-refractivity contribution in [3.8, 4) is 0 Å². The fraction of sp³-hybridized carbons (Fsp3) is 0.500. The standard InChI is InChI=1S/C14H19ClN2O2/c1-10-9-17(6-7-19-10)11(2)14(18)16-13-5-3-4-12(15)8-13/h3-5,8,10-11H,6-7,9H2,1-2H3,(H,16,18)/t10-,11+/m1/s1. The number of carbonyl (C=O) groups is 1. The van der Waals surface area contributed by atoms with E-state index in [0.717, 1.165) is 18.8 Å². The predicted molar refractivity (Wildman–Crippen MR) is 76.5 cm³/mol. The molecule has 1 amide bonds. The minimum Gasteiger partial charge on any atom is -0.376 e. The third kappa shape index (κ3) is 3.93. The molecule has 104 valence electrons. The lowest BCUT2D eigenvalue weighted by molar-refractivity contribution is -0.123. The Hall–Kier alpha value is -1.10. The van der Waals surface area contributed by atoms with E-state index >= 15 is 0 Å². The quantitative estimate of drug-likeness (QED) is 0.925. The molecule has 5 heteroatoms. The Morgan fingerprint density at radius 2 is 2.37 bits per heavy atom. The van der Waals surface area contributed by atoms with Crippen LogP contribution in [0.2, 0.25) is 5.02 Å². The maximum atomic E-state index is 12.2. The predicted octanol–water partition coefficient (Wildman–Crippen LogP) is 2.39. The van der Waals surface area contributed by atoms with E-state index < -0.39 is 0 Å². The van der Waals surface area contributed by atoms with Crippen molar-refractivity contribution in [2.45, 2.75) is 26.0 Å². The molecule has 2 atom stereocenters. The van der Waals surface area contributed by atoms with E-state index in [-0.39, 0.29) is 18.1 Å². The summed E-state index contributed by atoms with van der Waals surface area (Å²) in [5, 5.41) is 3.50. The van der Waals surface area contributed by atoms with Gasteiger partial charge in [0.15, 0.2) is 0 Å². The van der Waals surface area contributed by atoms with Crippen LogP contribution in [-0.4, -0.2) is 42.6 Å². The van der Waals surface area contributed by atoms with Crippen molar-refractivity contribution in [2.75, 3.05) is 25.0 Å². The number of nitrogens with one attached hydrogen (secondary N) is 1. The molecule has 0 unspecified atom stereocenters. The van der Waals surface area contributed by atoms with Crippen LogP contribution in [0.1, 0.15) is 13.8 Å². The first-order valence-electron chi connectivity index (χ1n) is 6.48. The van der Waals surface area contributed by atoms with Crippen molar-refractivity contribution in [1.82, 2.24) is 4.90 Å². The van der Waals surface area contributed by atoms with Gasteiger partial charge in [-0.05, 0) is 32.0 Å². The lowest BCUT2D eigenvalue weighted by Crippen LogP contribution is -2.50. The number of amides is 1. The van der Waals surface area contributed by atoms with Gasteiger partial charge < -0.3 is 10.1 Å². The lowest BCUT2D eigenvalue weighted by Gasteiger charge is -2.34. The Balaban J connectivity index is 1.95. The minimum absolute atomic E-state index is 0.0173. The zero-order chi connectivity index (χ0) is 13.8. The molecule has 0 spiro atoms. The second kappa shape index (κ2) is 6.37. The molecule has 1 aliphatic heterocycles. The molecule has 2 rings (SSSR count). The molecule has 1 saturated heterocycles. The van der Waals surface area contributed by atoms with Gasteiger partial charge in [-0.15, -0.1) is 0 Å². The number of ether oxygens (including phenoxy) is 1. The van der Waals surface area contributed by atoms with Crippen molar-refractivity contribution in [1.29, 1.82) is 0 Å². The summed E-state index contributed by atoms with van der Waals surface area (Å²) in [7, 11) is 0. The zero-order valence-electron chi connectivity index (χ0n) is 11.2. The Labute approximate surface area is 118 Å². The summed E-state index contributed by atoms with van der Waals surface area (Å²) < 4.78 is 5.48. The van der Waals surface area contributed by atoms with Gasteiger partial charge in [0.05, 0.1) is 18.8 Å². The Bertz CT molecular complexity index is 453. The molecule has 1 aliphatic rings. The van der Waals surface area contributed by atoms with Crippen LogP contribution in [0.5, 0.6) is 0 Å². The highest BCUT2D eigenvalue weighted by Crippen LogP contribution is 2.16. The maximum Gasteiger partial charge on any atom is 0.241 e. The Morgan fingerprint density at radius 1 is 1.58 bits per heavy atom. The molecule has 0 bridgehead atoms. The van der Waals surface area contributed by atoms with E-state index in [1.807, 2.05) is 26.0 Å². The maximum absolute atomic E-state index is 12.2. The van der Waals surface area contributed by atoms with Crippen molar-refractivity contribution in [3.05, 3.63) is 29.3 Å². The zero-order valence-corrected chi connectivity index (χ0v) is 12.0. The van der Waals surface area contributed by atoms with Gasteiger partial charge in [-0.1, -0.05) is 17.7 Å². The van der Waals surface area contributed by atoms with Crippen LogP contribution in [0.3, 0.4) is 0 Å². The molecular weight excluding hydrogens is 264 g/mol. The number of carbonyl (C=O) groups excluding carboxylic acids is 1. The van der Waals surface area contributed by atoms with Crippen LogP contribution < -0.4 is 5.32 Å². The molecule has 1 heterocycles. The molecule has 0 aromatic heterocycles. The highest BCUT2D eigenvalue weighted by Gasteiger charge is 2.25. The molecule has 0 aliphatic carbocycles. The van der Waals surface area contributed by atoms with E-state index in [2.05, 4.69) is 10.2 Å². The van der Waals surface area contributed by atoms with Crippen molar-refractivity contribution in [3.63, 3.8) is 0 Å². The number of hydrogen-bond donors (Lipinski definition) is 1. The van der Waals surface area contributed by atoms with Crippen LogP contribution in [0, 0.1) is 0 Å². The summed E-state index contributed by atoms with van der Waals surface area (Å²) in [6.07, 6.45) is 0.176. The number of benzene rings is 1. The smallest absolute Gasteiger partial charge is 0.241 e. The van der Waals surface area contributed by atoms with Gasteiger partial charge in [-0.3, -0.25) is 9.69 Å². The topological polar surface area (TPSA) is 41.6 Å². The van der Waals surface area contributed by atoms with Crippen LogP contribution >= 0.6 is 11.6 Å². The molecule has 1 aromatic carbocycles. The fourth-order valence-corrected chi connectivity index (χ4v) is 2.37. The summed E-state index contributed by atoms with van der Waals surface area (Å²) in [6.45, 7) is 6.18. The average Bonchev–Trinajstić information content (AvgIpc) is 2.38. The second-order valence-electron chi connectivity index (χ2n) is 4.85. The lowest BCUT2D eigenvalue weighted by atomic mass is 10.2. The number of anilines is 1. The molecule has 0 saturated carbocycles. The van der Waals surface area contributed by atoms with Gasteiger partial charge in [0, 0.05) is 23.8 Å².